The third kappa shape index (κ3) is 8.74. The summed E-state index contributed by atoms with van der Waals surface area (Å²) in [5.41, 5.74) is 1.90. The number of aliphatic hydroxyl groups is 2. The van der Waals surface area contributed by atoms with Crippen LogP contribution in [0.3, 0.4) is 0 Å². The van der Waals surface area contributed by atoms with E-state index >= 15 is 0 Å². The quantitative estimate of drug-likeness (QED) is 0.130. The molecule has 0 radical (unpaired) electrons. The molecule has 4 aliphatic carbocycles. The second-order valence-corrected chi connectivity index (χ2v) is 20.0. The molecule has 2 N–H and O–H groups in total. The molecule has 6 nitrogen and oxygen atoms in total. The highest BCUT2D eigenvalue weighted by Crippen LogP contribution is 2.59. The molecule has 4 aromatic rings. The molecule has 2 heterocycles. The zero-order chi connectivity index (χ0) is 39.6. The van der Waals surface area contributed by atoms with Crippen molar-refractivity contribution < 1.29 is 24.5 Å². The van der Waals surface area contributed by atoms with Gasteiger partial charge in [0.05, 0.1) is 23.1 Å². The lowest BCUT2D eigenvalue weighted by Crippen LogP contribution is -2.54. The number of carbonyl (C=O) groups is 2. The Bertz CT molecular complexity index is 1980. The molecule has 300 valence electrons. The Morgan fingerprint density at radius 2 is 1.84 bits per heavy atom. The Kier molecular flexibility index (Phi) is 12.6. The van der Waals surface area contributed by atoms with Crippen molar-refractivity contribution in [1.29, 1.82) is 0 Å². The van der Waals surface area contributed by atoms with E-state index in [1.807, 2.05) is 41.3 Å². The maximum absolute atomic E-state index is 14.7. The zero-order valence-corrected chi connectivity index (χ0v) is 35.6. The molecule has 7 atom stereocenters. The summed E-state index contributed by atoms with van der Waals surface area (Å²) in [4.78, 5) is 32.9. The molecule has 0 saturated heterocycles. The van der Waals surface area contributed by atoms with Gasteiger partial charge in [0.25, 0.3) is 0 Å². The van der Waals surface area contributed by atoms with E-state index in [-0.39, 0.29) is 30.4 Å². The molecule has 0 aliphatic heterocycles. The summed E-state index contributed by atoms with van der Waals surface area (Å²) in [6, 6.07) is 20.4. The third-order valence-corrected chi connectivity index (χ3v) is 15.7. The lowest BCUT2D eigenvalue weighted by atomic mass is 9.64. The minimum Gasteiger partial charge on any atom is -0.446 e. The standard InChI is InChI=1S/C48H61NO5S2/c1-31(2)38-18-15-33(4)26-42(38)54-46(52)49(24-21-37-12-9-25-55-37)30-48(53)23-20-41-39-19-16-34(27-36(50)17-14-32(3)10-8-22-47(41,48)5)28-40(39)45(51)44-29-35-11-6-7-13-43(35)56-44/h6-7,9-13,16,19,25,28-29,31,33,36,38,41-42,50,53H,8,14-15,17-18,20-24,26-27,30H2,1-5H3. The summed E-state index contributed by atoms with van der Waals surface area (Å²) in [6.07, 6.45) is 9.62. The van der Waals surface area contributed by atoms with Crippen molar-refractivity contribution in [2.75, 3.05) is 13.1 Å². The van der Waals surface area contributed by atoms with Crippen molar-refractivity contribution in [3.8, 4) is 0 Å². The number of rotatable bonds is 9. The van der Waals surface area contributed by atoms with E-state index < -0.39 is 17.1 Å². The highest BCUT2D eigenvalue weighted by Gasteiger charge is 2.58. The second-order valence-electron chi connectivity index (χ2n) is 17.9. The van der Waals surface area contributed by atoms with Crippen LogP contribution in [0.2, 0.25) is 0 Å². The molecule has 2 bridgehead atoms. The average Bonchev–Trinajstić information content (AvgIpc) is 3.91. The largest absolute Gasteiger partial charge is 0.446 e. The Morgan fingerprint density at radius 1 is 1.02 bits per heavy atom. The molecule has 2 aromatic carbocycles. The highest BCUT2D eigenvalue weighted by atomic mass is 32.1. The number of aliphatic hydroxyl groups excluding tert-OH is 1. The number of ether oxygens (including phenoxy) is 1. The molecule has 4 aliphatic rings. The van der Waals surface area contributed by atoms with Gasteiger partial charge in [0.15, 0.2) is 0 Å². The number of nitrogens with zero attached hydrogens (tertiary/aromatic N) is 1. The van der Waals surface area contributed by atoms with Crippen LogP contribution < -0.4 is 0 Å². The molecule has 56 heavy (non-hydrogen) atoms. The van der Waals surface area contributed by atoms with E-state index in [9.17, 15) is 19.8 Å². The van der Waals surface area contributed by atoms with Crippen molar-refractivity contribution in [2.24, 2.45) is 23.2 Å². The van der Waals surface area contributed by atoms with Crippen LogP contribution in [0.1, 0.15) is 130 Å². The molecule has 2 fully saturated rings. The minimum absolute atomic E-state index is 0.0132. The average molecular weight is 796 g/mol. The molecule has 2 saturated carbocycles. The normalized spacial score (nSPS) is 28.5. The van der Waals surface area contributed by atoms with Gasteiger partial charge in [-0.15, -0.1) is 22.7 Å². The first kappa shape index (κ1) is 40.9. The predicted molar refractivity (Wildman–Crippen MR) is 230 cm³/mol. The number of hydrogen-bond acceptors (Lipinski definition) is 7. The summed E-state index contributed by atoms with van der Waals surface area (Å²) in [5, 5.41) is 27.4. The lowest BCUT2D eigenvalue weighted by molar-refractivity contribution is -0.0861. The molecule has 8 rings (SSSR count). The predicted octanol–water partition coefficient (Wildman–Crippen LogP) is 11.4. The van der Waals surface area contributed by atoms with E-state index in [2.05, 4.69) is 70.3 Å². The number of amides is 1. The Balaban J connectivity index is 1.26. The van der Waals surface area contributed by atoms with Gasteiger partial charge >= 0.3 is 6.09 Å². The summed E-state index contributed by atoms with van der Waals surface area (Å²) in [6.45, 7) is 11.7. The number of benzene rings is 2. The second kappa shape index (κ2) is 17.3. The Morgan fingerprint density at radius 3 is 2.61 bits per heavy atom. The van der Waals surface area contributed by atoms with E-state index in [4.69, 9.17) is 4.74 Å². The fraction of sp³-hybridized carbons (Fsp3) is 0.542. The fourth-order valence-electron chi connectivity index (χ4n) is 10.1. The zero-order valence-electron chi connectivity index (χ0n) is 34.0. The number of hydrogen-bond donors (Lipinski definition) is 2. The number of allylic oxidation sites excluding steroid dienone is 2. The number of ketones is 1. The smallest absolute Gasteiger partial charge is 0.410 e. The first-order chi connectivity index (χ1) is 26.8. The fourth-order valence-corrected chi connectivity index (χ4v) is 11.8. The van der Waals surface area contributed by atoms with Crippen molar-refractivity contribution in [3.05, 3.63) is 104 Å². The first-order valence-electron chi connectivity index (χ1n) is 21.0. The van der Waals surface area contributed by atoms with Gasteiger partial charge in [0.1, 0.15) is 6.10 Å². The van der Waals surface area contributed by atoms with Crippen LogP contribution in [0.4, 0.5) is 4.79 Å². The van der Waals surface area contributed by atoms with Gasteiger partial charge in [0, 0.05) is 27.1 Å². The lowest BCUT2D eigenvalue weighted by Gasteiger charge is -2.46. The molecule has 8 heteroatoms. The topological polar surface area (TPSA) is 87.1 Å². The van der Waals surface area contributed by atoms with Crippen LogP contribution in [0.15, 0.2) is 77.7 Å². The third-order valence-electron chi connectivity index (χ3n) is 13.7. The van der Waals surface area contributed by atoms with Crippen LogP contribution in [0.25, 0.3) is 10.1 Å². The maximum atomic E-state index is 14.7. The van der Waals surface area contributed by atoms with Gasteiger partial charge in [-0.05, 0) is 141 Å². The van der Waals surface area contributed by atoms with Crippen molar-refractivity contribution in [1.82, 2.24) is 4.90 Å². The number of thiophene rings is 2. The molecule has 0 spiro atoms. The first-order valence-corrected chi connectivity index (χ1v) is 22.7. The van der Waals surface area contributed by atoms with Gasteiger partial charge in [-0.2, -0.15) is 0 Å². The molecular formula is C48H61NO5S2. The van der Waals surface area contributed by atoms with Crippen molar-refractivity contribution in [2.45, 2.75) is 129 Å². The van der Waals surface area contributed by atoms with Gasteiger partial charge in [-0.3, -0.25) is 4.79 Å². The van der Waals surface area contributed by atoms with E-state index in [0.717, 1.165) is 53.3 Å². The van der Waals surface area contributed by atoms with Gasteiger partial charge in [-0.1, -0.05) is 82.2 Å². The molecule has 2 aromatic heterocycles. The summed E-state index contributed by atoms with van der Waals surface area (Å²) in [7, 11) is 0. The van der Waals surface area contributed by atoms with Crippen LogP contribution in [-0.4, -0.2) is 57.9 Å². The highest BCUT2D eigenvalue weighted by molar-refractivity contribution is 7.21. The van der Waals surface area contributed by atoms with Crippen LogP contribution >= 0.6 is 22.7 Å². The van der Waals surface area contributed by atoms with Gasteiger partial charge in [-0.25, -0.2) is 4.79 Å². The van der Waals surface area contributed by atoms with E-state index in [1.165, 1.54) is 21.8 Å². The SMILES string of the molecule is CC1=CCCC2(C)C(CCC2(O)CN(CCc2cccs2)C(=O)OC2CC(C)CCC2C(C)C)c2ccc(cc2C(=O)c2cc3ccccc3s2)CC(O)CC1. The van der Waals surface area contributed by atoms with E-state index in [0.29, 0.717) is 73.3 Å². The van der Waals surface area contributed by atoms with Crippen molar-refractivity contribution in [3.63, 3.8) is 0 Å². The van der Waals surface area contributed by atoms with Crippen LogP contribution in [0.5, 0.6) is 0 Å². The molecule has 1 amide bonds. The summed E-state index contributed by atoms with van der Waals surface area (Å²) < 4.78 is 7.58. The number of carbonyl (C=O) groups excluding carboxylic acids is 2. The Hall–Kier alpha value is -3.30. The summed E-state index contributed by atoms with van der Waals surface area (Å²) in [5.74, 6) is 1.10. The van der Waals surface area contributed by atoms with Crippen molar-refractivity contribution >= 4 is 44.6 Å². The monoisotopic (exact) mass is 795 g/mol. The van der Waals surface area contributed by atoms with Gasteiger partial charge < -0.3 is 19.8 Å². The Labute approximate surface area is 342 Å². The minimum atomic E-state index is -1.23. The number of fused-ring (bicyclic) bond motifs is 9. The molecule has 7 unspecified atom stereocenters. The van der Waals surface area contributed by atoms with E-state index in [1.54, 1.807) is 11.3 Å². The van der Waals surface area contributed by atoms with Crippen LogP contribution in [-0.2, 0) is 17.6 Å². The molecular weight excluding hydrogens is 735 g/mol. The summed E-state index contributed by atoms with van der Waals surface area (Å²) >= 11 is 3.21. The van der Waals surface area contributed by atoms with Gasteiger partial charge in [0.2, 0.25) is 5.78 Å². The van der Waals surface area contributed by atoms with Crippen LogP contribution in [0, 0.1) is 23.2 Å². The maximum Gasteiger partial charge on any atom is 0.410 e.